The van der Waals surface area contributed by atoms with Gasteiger partial charge in [0.15, 0.2) is 0 Å². The number of nitrogens with zero attached hydrogens (tertiary/aromatic N) is 1. The molecule has 0 aliphatic heterocycles. The third-order valence-corrected chi connectivity index (χ3v) is 2.64. The fourth-order valence-electron chi connectivity index (χ4n) is 1.50. The monoisotopic (exact) mass is 285 g/mol. The standard InChI is InChI=1S/C12H16ClN3O3/c1-2-14-4-3-5-15-12(17)9-6-10(13)8-11(7-9)16(18)19/h6-8,14H,2-5H2,1H3,(H,15,17). The van der Waals surface area contributed by atoms with Crippen LogP contribution in [0.3, 0.4) is 0 Å². The Balaban J connectivity index is 2.59. The molecule has 1 amide bonds. The second-order valence-corrected chi connectivity index (χ2v) is 4.35. The van der Waals surface area contributed by atoms with E-state index in [0.29, 0.717) is 6.54 Å². The minimum Gasteiger partial charge on any atom is -0.352 e. The molecule has 0 radical (unpaired) electrons. The number of non-ortho nitro benzene ring substituents is 1. The van der Waals surface area contributed by atoms with Gasteiger partial charge >= 0.3 is 0 Å². The van der Waals surface area contributed by atoms with Crippen LogP contribution >= 0.6 is 11.6 Å². The number of benzene rings is 1. The first-order chi connectivity index (χ1) is 9.04. The number of rotatable bonds is 7. The van der Waals surface area contributed by atoms with E-state index in [1.54, 1.807) is 0 Å². The van der Waals surface area contributed by atoms with Crippen molar-refractivity contribution in [2.24, 2.45) is 0 Å². The maximum absolute atomic E-state index is 11.8. The predicted octanol–water partition coefficient (Wildman–Crippen LogP) is 1.98. The van der Waals surface area contributed by atoms with Crippen molar-refractivity contribution >= 4 is 23.2 Å². The molecule has 6 nitrogen and oxygen atoms in total. The number of nitro benzene ring substituents is 1. The molecule has 0 saturated heterocycles. The van der Waals surface area contributed by atoms with Gasteiger partial charge in [-0.1, -0.05) is 18.5 Å². The van der Waals surface area contributed by atoms with E-state index in [9.17, 15) is 14.9 Å². The zero-order valence-electron chi connectivity index (χ0n) is 10.6. The molecular formula is C12H16ClN3O3. The first-order valence-electron chi connectivity index (χ1n) is 5.98. The highest BCUT2D eigenvalue weighted by Crippen LogP contribution is 2.20. The van der Waals surface area contributed by atoms with Crippen LogP contribution in [-0.4, -0.2) is 30.5 Å². The van der Waals surface area contributed by atoms with Crippen LogP contribution in [0.15, 0.2) is 18.2 Å². The summed E-state index contributed by atoms with van der Waals surface area (Å²) in [5.41, 5.74) is 0.00736. The Morgan fingerprint density at radius 3 is 2.74 bits per heavy atom. The molecule has 1 aromatic carbocycles. The highest BCUT2D eigenvalue weighted by molar-refractivity contribution is 6.31. The Morgan fingerprint density at radius 1 is 1.37 bits per heavy atom. The number of hydrogen-bond acceptors (Lipinski definition) is 4. The van der Waals surface area contributed by atoms with E-state index in [0.717, 1.165) is 19.5 Å². The topological polar surface area (TPSA) is 84.3 Å². The summed E-state index contributed by atoms with van der Waals surface area (Å²) < 4.78 is 0. The molecule has 0 bridgehead atoms. The van der Waals surface area contributed by atoms with E-state index >= 15 is 0 Å². The minimum atomic E-state index is -0.576. The molecule has 0 heterocycles. The fraction of sp³-hybridized carbons (Fsp3) is 0.417. The zero-order chi connectivity index (χ0) is 14.3. The number of amides is 1. The molecule has 1 aromatic rings. The van der Waals surface area contributed by atoms with Crippen LogP contribution in [0.5, 0.6) is 0 Å². The summed E-state index contributed by atoms with van der Waals surface area (Å²) in [6, 6.07) is 3.84. The van der Waals surface area contributed by atoms with Crippen LogP contribution in [0.1, 0.15) is 23.7 Å². The van der Waals surface area contributed by atoms with E-state index in [2.05, 4.69) is 10.6 Å². The molecule has 104 valence electrons. The highest BCUT2D eigenvalue weighted by Gasteiger charge is 2.13. The van der Waals surface area contributed by atoms with Crippen LogP contribution in [0, 0.1) is 10.1 Å². The Labute approximate surface area is 116 Å². The molecule has 0 aliphatic carbocycles. The van der Waals surface area contributed by atoms with E-state index < -0.39 is 4.92 Å². The van der Waals surface area contributed by atoms with E-state index in [4.69, 9.17) is 11.6 Å². The third kappa shape index (κ3) is 5.23. The van der Waals surface area contributed by atoms with Crippen LogP contribution in [0.2, 0.25) is 5.02 Å². The number of carbonyl (C=O) groups is 1. The molecule has 0 fully saturated rings. The van der Waals surface area contributed by atoms with Gasteiger partial charge in [-0.25, -0.2) is 0 Å². The average molecular weight is 286 g/mol. The van der Waals surface area contributed by atoms with E-state index in [-0.39, 0.29) is 22.2 Å². The molecule has 0 spiro atoms. The molecular weight excluding hydrogens is 270 g/mol. The van der Waals surface area contributed by atoms with Gasteiger partial charge in [0.05, 0.1) is 4.92 Å². The van der Waals surface area contributed by atoms with Crippen molar-refractivity contribution in [2.75, 3.05) is 19.6 Å². The molecule has 0 aromatic heterocycles. The van der Waals surface area contributed by atoms with Crippen LogP contribution in [-0.2, 0) is 0 Å². The summed E-state index contributed by atoms with van der Waals surface area (Å²) in [6.45, 7) is 4.21. The van der Waals surface area contributed by atoms with Crippen LogP contribution in [0.4, 0.5) is 5.69 Å². The van der Waals surface area contributed by atoms with Gasteiger partial charge in [0.2, 0.25) is 0 Å². The van der Waals surface area contributed by atoms with Gasteiger partial charge < -0.3 is 10.6 Å². The van der Waals surface area contributed by atoms with Crippen molar-refractivity contribution in [2.45, 2.75) is 13.3 Å². The van der Waals surface area contributed by atoms with Crippen molar-refractivity contribution in [3.8, 4) is 0 Å². The Morgan fingerprint density at radius 2 is 2.11 bits per heavy atom. The number of halogens is 1. The molecule has 0 atom stereocenters. The maximum atomic E-state index is 11.8. The molecule has 0 aliphatic rings. The van der Waals surface area contributed by atoms with Gasteiger partial charge in [-0.15, -0.1) is 0 Å². The summed E-state index contributed by atoms with van der Waals surface area (Å²) in [4.78, 5) is 21.9. The van der Waals surface area contributed by atoms with Crippen molar-refractivity contribution in [3.63, 3.8) is 0 Å². The second kappa shape index (κ2) is 7.70. The number of hydrogen-bond donors (Lipinski definition) is 2. The van der Waals surface area contributed by atoms with Crippen molar-refractivity contribution < 1.29 is 9.72 Å². The molecule has 0 unspecified atom stereocenters. The van der Waals surface area contributed by atoms with Gasteiger partial charge in [0, 0.05) is 29.3 Å². The summed E-state index contributed by atoms with van der Waals surface area (Å²) >= 11 is 5.75. The van der Waals surface area contributed by atoms with Crippen molar-refractivity contribution in [1.82, 2.24) is 10.6 Å². The summed E-state index contributed by atoms with van der Waals surface area (Å²) in [6.07, 6.45) is 0.794. The first kappa shape index (κ1) is 15.4. The lowest BCUT2D eigenvalue weighted by Gasteiger charge is -2.06. The van der Waals surface area contributed by atoms with Crippen LogP contribution < -0.4 is 10.6 Å². The smallest absolute Gasteiger partial charge is 0.271 e. The normalized spacial score (nSPS) is 10.2. The number of nitrogens with one attached hydrogen (secondary N) is 2. The Kier molecular flexibility index (Phi) is 6.24. The van der Waals surface area contributed by atoms with Gasteiger partial charge in [-0.3, -0.25) is 14.9 Å². The molecule has 7 heteroatoms. The minimum absolute atomic E-state index is 0.173. The summed E-state index contributed by atoms with van der Waals surface area (Å²) in [5, 5.41) is 16.7. The zero-order valence-corrected chi connectivity index (χ0v) is 11.4. The SMILES string of the molecule is CCNCCCNC(=O)c1cc(Cl)cc([N+](=O)[O-])c1. The van der Waals surface area contributed by atoms with E-state index in [1.165, 1.54) is 18.2 Å². The molecule has 2 N–H and O–H groups in total. The van der Waals surface area contributed by atoms with Gasteiger partial charge in [0.25, 0.3) is 11.6 Å². The lowest BCUT2D eigenvalue weighted by Crippen LogP contribution is -2.27. The molecule has 1 rings (SSSR count). The van der Waals surface area contributed by atoms with Gasteiger partial charge in [0.1, 0.15) is 0 Å². The number of nitro groups is 1. The summed E-state index contributed by atoms with van der Waals surface area (Å²) in [5.74, 6) is -0.359. The molecule has 0 saturated carbocycles. The lowest BCUT2D eigenvalue weighted by molar-refractivity contribution is -0.384. The van der Waals surface area contributed by atoms with Crippen LogP contribution in [0.25, 0.3) is 0 Å². The quantitative estimate of drug-likeness (QED) is 0.456. The van der Waals surface area contributed by atoms with E-state index in [1.807, 2.05) is 6.92 Å². The fourth-order valence-corrected chi connectivity index (χ4v) is 1.73. The van der Waals surface area contributed by atoms with Crippen molar-refractivity contribution in [3.05, 3.63) is 38.9 Å². The average Bonchev–Trinajstić information content (AvgIpc) is 2.37. The van der Waals surface area contributed by atoms with Gasteiger partial charge in [-0.05, 0) is 25.6 Å². The van der Waals surface area contributed by atoms with Crippen molar-refractivity contribution in [1.29, 1.82) is 0 Å². The maximum Gasteiger partial charge on any atom is 0.271 e. The molecule has 19 heavy (non-hydrogen) atoms. The van der Waals surface area contributed by atoms with Gasteiger partial charge in [-0.2, -0.15) is 0 Å². The predicted molar refractivity (Wildman–Crippen MR) is 73.6 cm³/mol. The Hall–Kier alpha value is -1.66. The first-order valence-corrected chi connectivity index (χ1v) is 6.36. The lowest BCUT2D eigenvalue weighted by atomic mass is 10.2. The largest absolute Gasteiger partial charge is 0.352 e. The second-order valence-electron chi connectivity index (χ2n) is 3.92. The summed E-state index contributed by atoms with van der Waals surface area (Å²) in [7, 11) is 0. The third-order valence-electron chi connectivity index (χ3n) is 2.42. The Bertz CT molecular complexity index is 466. The number of carbonyl (C=O) groups excluding carboxylic acids is 1. The highest BCUT2D eigenvalue weighted by atomic mass is 35.5.